The van der Waals surface area contributed by atoms with Crippen LogP contribution in [0.15, 0.2) is 0 Å². The molecular weight excluding hydrogens is 849 g/mol. The number of rotatable bonds is 51. The molecule has 5 amide bonds. The summed E-state index contributed by atoms with van der Waals surface area (Å²) in [5.74, 6) is -1.11. The third-order valence-corrected chi connectivity index (χ3v) is 13.9. The lowest BCUT2D eigenvalue weighted by Gasteiger charge is -2.32. The topological polar surface area (TPSA) is 150 Å². The first kappa shape index (κ1) is 65.3. The van der Waals surface area contributed by atoms with Gasteiger partial charge in [-0.2, -0.15) is 0 Å². The average Bonchev–Trinajstić information content (AvgIpc) is 3.32. The zero-order valence-corrected chi connectivity index (χ0v) is 45.6. The van der Waals surface area contributed by atoms with E-state index in [0.29, 0.717) is 45.6 Å². The zero-order chi connectivity index (χ0) is 50.3. The number of amides is 5. The third-order valence-electron chi connectivity index (χ3n) is 13.9. The van der Waals surface area contributed by atoms with Gasteiger partial charge in [-0.15, -0.1) is 0 Å². The van der Waals surface area contributed by atoms with Crippen LogP contribution in [0.25, 0.3) is 0 Å². The van der Waals surface area contributed by atoms with Crippen LogP contribution in [0, 0.1) is 5.92 Å². The smallest absolute Gasteiger partial charge is 0.242 e. The van der Waals surface area contributed by atoms with E-state index in [1.54, 1.807) is 19.6 Å². The van der Waals surface area contributed by atoms with E-state index in [9.17, 15) is 24.0 Å². The van der Waals surface area contributed by atoms with Crippen LogP contribution in [-0.2, 0) is 24.0 Å². The summed E-state index contributed by atoms with van der Waals surface area (Å²) in [7, 11) is 0. The molecule has 0 saturated carbocycles. The number of carbonyl (C=O) groups excluding carboxylic acids is 5. The fourth-order valence-electron chi connectivity index (χ4n) is 9.29. The highest BCUT2D eigenvalue weighted by atomic mass is 16.2. The molecule has 0 aliphatic heterocycles. The summed E-state index contributed by atoms with van der Waals surface area (Å²) in [6, 6.07) is 0. The lowest BCUT2D eigenvalue weighted by molar-refractivity contribution is -0.146. The van der Waals surface area contributed by atoms with E-state index in [0.717, 1.165) is 103 Å². The van der Waals surface area contributed by atoms with E-state index < -0.39 is 5.91 Å². The van der Waals surface area contributed by atoms with E-state index in [4.69, 9.17) is 11.5 Å². The van der Waals surface area contributed by atoms with Gasteiger partial charge in [-0.3, -0.25) is 24.0 Å². The molecule has 4 N–H and O–H groups in total. The molecule has 0 rings (SSSR count). The van der Waals surface area contributed by atoms with Crippen molar-refractivity contribution in [3.8, 4) is 0 Å². The maximum atomic E-state index is 14.6. The number of primary amides is 1. The molecule has 0 bridgehead atoms. The van der Waals surface area contributed by atoms with Crippen LogP contribution in [0.2, 0.25) is 0 Å². The van der Waals surface area contributed by atoms with Gasteiger partial charge in [0.15, 0.2) is 0 Å². The van der Waals surface area contributed by atoms with Gasteiger partial charge in [0.1, 0.15) is 0 Å². The molecule has 0 aromatic carbocycles. The number of carbonyl (C=O) groups is 5. The Hall–Kier alpha value is -2.69. The maximum Gasteiger partial charge on any atom is 0.242 e. The van der Waals surface area contributed by atoms with Crippen LogP contribution < -0.4 is 11.5 Å². The molecule has 11 heteroatoms. The summed E-state index contributed by atoms with van der Waals surface area (Å²) in [5, 5.41) is 0. The zero-order valence-electron chi connectivity index (χ0n) is 45.6. The van der Waals surface area contributed by atoms with Crippen molar-refractivity contribution in [1.82, 2.24) is 19.6 Å². The van der Waals surface area contributed by atoms with E-state index >= 15 is 0 Å². The highest BCUT2D eigenvalue weighted by Crippen LogP contribution is 2.18. The highest BCUT2D eigenvalue weighted by molar-refractivity contribution is 5.91. The van der Waals surface area contributed by atoms with Gasteiger partial charge in [0.25, 0.3) is 0 Å². The van der Waals surface area contributed by atoms with Gasteiger partial charge in [0.05, 0.1) is 26.2 Å². The summed E-state index contributed by atoms with van der Waals surface area (Å²) in [6.07, 6.45) is 40.8. The van der Waals surface area contributed by atoms with Gasteiger partial charge < -0.3 is 31.1 Å². The first-order chi connectivity index (χ1) is 33.1. The minimum atomic E-state index is -0.565. The van der Waals surface area contributed by atoms with E-state index in [1.807, 2.05) is 0 Å². The Morgan fingerprint density at radius 2 is 0.662 bits per heavy atom. The molecule has 11 nitrogen and oxygen atoms in total. The van der Waals surface area contributed by atoms with Crippen molar-refractivity contribution < 1.29 is 24.0 Å². The summed E-state index contributed by atoms with van der Waals surface area (Å²) in [6.45, 7) is 12.8. The highest BCUT2D eigenvalue weighted by Gasteiger charge is 2.28. The van der Waals surface area contributed by atoms with Gasteiger partial charge >= 0.3 is 0 Å². The second-order valence-electron chi connectivity index (χ2n) is 20.4. The Bertz CT molecular complexity index is 1220. The Labute approximate surface area is 420 Å². The van der Waals surface area contributed by atoms with Crippen LogP contribution in [0.4, 0.5) is 0 Å². The standard InChI is InChI=1S/C57H112N6O5/c1-6-11-15-18-21-24-27-30-33-38-44-60(54(65)42-36-37-43-58)49-55(66)61(45-39-34-31-28-25-22-19-16-12-7-2)50-56(67)62(46-40-35-32-29-26-23-20-17-13-8-3)51-57(68)63(48-53(59)64)47-52(10-5)41-14-9-4/h52H,6-51,58H2,1-5H3,(H2,59,64). The van der Waals surface area contributed by atoms with Crippen LogP contribution in [-0.4, -0.2) is 108 Å². The monoisotopic (exact) mass is 961 g/mol. The quantitative estimate of drug-likeness (QED) is 0.0580. The molecule has 0 spiro atoms. The van der Waals surface area contributed by atoms with Gasteiger partial charge in [-0.1, -0.05) is 227 Å². The first-order valence-electron chi connectivity index (χ1n) is 29.2. The van der Waals surface area contributed by atoms with Crippen molar-refractivity contribution in [1.29, 1.82) is 0 Å². The van der Waals surface area contributed by atoms with Gasteiger partial charge in [-0.25, -0.2) is 0 Å². The van der Waals surface area contributed by atoms with Crippen molar-refractivity contribution in [3.05, 3.63) is 0 Å². The third kappa shape index (κ3) is 38.1. The minimum Gasteiger partial charge on any atom is -0.368 e. The Morgan fingerprint density at radius 1 is 0.353 bits per heavy atom. The van der Waals surface area contributed by atoms with Crippen LogP contribution in [0.3, 0.4) is 0 Å². The van der Waals surface area contributed by atoms with E-state index in [-0.39, 0.29) is 55.7 Å². The van der Waals surface area contributed by atoms with E-state index in [2.05, 4.69) is 34.6 Å². The lowest BCUT2D eigenvalue weighted by Crippen LogP contribution is -2.51. The predicted molar refractivity (Wildman–Crippen MR) is 287 cm³/mol. The largest absolute Gasteiger partial charge is 0.368 e. The summed E-state index contributed by atoms with van der Waals surface area (Å²) < 4.78 is 0. The van der Waals surface area contributed by atoms with Crippen LogP contribution in [0.1, 0.15) is 272 Å². The fourth-order valence-corrected chi connectivity index (χ4v) is 9.29. The molecule has 0 fully saturated rings. The predicted octanol–water partition coefficient (Wildman–Crippen LogP) is 12.9. The van der Waals surface area contributed by atoms with Gasteiger partial charge in [0, 0.05) is 32.6 Å². The van der Waals surface area contributed by atoms with Crippen molar-refractivity contribution in [2.75, 3.05) is 58.9 Å². The molecule has 0 aromatic heterocycles. The Balaban J connectivity index is 6.26. The number of hydrogen-bond donors (Lipinski definition) is 2. The second kappa shape index (κ2) is 48.0. The van der Waals surface area contributed by atoms with Crippen molar-refractivity contribution >= 4 is 29.5 Å². The molecule has 0 radical (unpaired) electrons. The van der Waals surface area contributed by atoms with Crippen LogP contribution in [0.5, 0.6) is 0 Å². The molecule has 400 valence electrons. The Morgan fingerprint density at radius 3 is 0.971 bits per heavy atom. The van der Waals surface area contributed by atoms with E-state index in [1.165, 1.54) is 122 Å². The molecule has 68 heavy (non-hydrogen) atoms. The summed E-state index contributed by atoms with van der Waals surface area (Å²) in [5.41, 5.74) is 11.5. The van der Waals surface area contributed by atoms with Gasteiger partial charge in [0.2, 0.25) is 29.5 Å². The van der Waals surface area contributed by atoms with Crippen molar-refractivity contribution in [2.45, 2.75) is 272 Å². The number of unbranched alkanes of at least 4 members (excludes halogenated alkanes) is 29. The molecule has 0 heterocycles. The van der Waals surface area contributed by atoms with Crippen molar-refractivity contribution in [2.24, 2.45) is 17.4 Å². The van der Waals surface area contributed by atoms with Gasteiger partial charge in [-0.05, 0) is 51.0 Å². The lowest BCUT2D eigenvalue weighted by atomic mass is 9.98. The summed E-state index contributed by atoms with van der Waals surface area (Å²) in [4.78, 5) is 75.8. The minimum absolute atomic E-state index is 0.0278. The normalized spacial score (nSPS) is 11.7. The number of hydrogen-bond acceptors (Lipinski definition) is 6. The first-order valence-corrected chi connectivity index (χ1v) is 29.2. The molecule has 0 aliphatic carbocycles. The average molecular weight is 962 g/mol. The molecule has 1 unspecified atom stereocenters. The number of nitrogens with zero attached hydrogens (tertiary/aromatic N) is 4. The molecule has 0 aromatic rings. The molecule has 0 aliphatic rings. The summed E-state index contributed by atoms with van der Waals surface area (Å²) >= 11 is 0. The Kier molecular flexibility index (Phi) is 46.1. The second-order valence-corrected chi connectivity index (χ2v) is 20.4. The molecular formula is C57H112N6O5. The fraction of sp³-hybridized carbons (Fsp3) is 0.912. The van der Waals surface area contributed by atoms with Crippen molar-refractivity contribution in [3.63, 3.8) is 0 Å². The molecule has 0 saturated heterocycles. The van der Waals surface area contributed by atoms with Crippen LogP contribution >= 0.6 is 0 Å². The SMILES string of the molecule is CCCCCCCCCCCCN(CC(=O)N(CCCCCCCCCCCC)CC(=O)N(CCCCCCCCCCCC)CC(=O)N(CC(N)=O)CC(CC)CCCC)C(=O)CCCCN. The number of nitrogens with two attached hydrogens (primary N) is 2. The molecule has 1 atom stereocenters. The maximum absolute atomic E-state index is 14.6.